The van der Waals surface area contributed by atoms with Gasteiger partial charge in [0, 0.05) is 17.2 Å². The highest BCUT2D eigenvalue weighted by Crippen LogP contribution is 2.10. The number of nitrogens with zero attached hydrogens (tertiary/aromatic N) is 1. The Morgan fingerprint density at radius 2 is 2.18 bits per heavy atom. The van der Waals surface area contributed by atoms with Gasteiger partial charge in [0.25, 0.3) is 10.0 Å². The van der Waals surface area contributed by atoms with E-state index in [4.69, 9.17) is 10.2 Å². The van der Waals surface area contributed by atoms with Crippen molar-refractivity contribution < 1.29 is 23.4 Å². The molecule has 0 aromatic carbocycles. The predicted octanol–water partition coefficient (Wildman–Crippen LogP) is -0.432. The van der Waals surface area contributed by atoms with Gasteiger partial charge in [0.05, 0.1) is 0 Å². The number of rotatable bonds is 5. The lowest BCUT2D eigenvalue weighted by Gasteiger charge is -2.08. The number of sulfonamides is 1. The fourth-order valence-corrected chi connectivity index (χ4v) is 2.07. The zero-order valence-corrected chi connectivity index (χ0v) is 10.8. The van der Waals surface area contributed by atoms with E-state index in [9.17, 15) is 13.2 Å². The van der Waals surface area contributed by atoms with Gasteiger partial charge in [-0.25, -0.2) is 22.9 Å². The Kier molecular flexibility index (Phi) is 4.57. The molecule has 0 bridgehead atoms. The van der Waals surface area contributed by atoms with E-state index in [0.29, 0.717) is 4.47 Å². The van der Waals surface area contributed by atoms with Crippen LogP contribution in [0.1, 0.15) is 0 Å². The van der Waals surface area contributed by atoms with Gasteiger partial charge >= 0.3 is 5.97 Å². The lowest BCUT2D eigenvalue weighted by Crippen LogP contribution is -2.36. The van der Waals surface area contributed by atoms with E-state index < -0.39 is 28.6 Å². The second-order valence-electron chi connectivity index (χ2n) is 3.02. The summed E-state index contributed by atoms with van der Waals surface area (Å²) < 4.78 is 25.7. The first-order valence-electron chi connectivity index (χ1n) is 4.35. The highest BCUT2D eigenvalue weighted by atomic mass is 79.9. The maximum Gasteiger partial charge on any atom is 0.333 e. The summed E-state index contributed by atoms with van der Waals surface area (Å²) in [6, 6.07) is 2.73. The van der Waals surface area contributed by atoms with Gasteiger partial charge in [-0.15, -0.1) is 0 Å². The van der Waals surface area contributed by atoms with Crippen LogP contribution < -0.4 is 4.72 Å². The molecular formula is C8H9BrN2O5S. The molecule has 0 aliphatic rings. The van der Waals surface area contributed by atoms with Gasteiger partial charge < -0.3 is 10.2 Å². The molecule has 0 aliphatic heterocycles. The SMILES string of the molecule is O=C(O)[C@@H](O)CNS(=O)(=O)c1ccc(Br)cn1. The Morgan fingerprint density at radius 1 is 1.53 bits per heavy atom. The van der Waals surface area contributed by atoms with E-state index >= 15 is 0 Å². The van der Waals surface area contributed by atoms with Crippen molar-refractivity contribution in [3.63, 3.8) is 0 Å². The molecule has 0 amide bonds. The molecule has 0 unspecified atom stereocenters. The van der Waals surface area contributed by atoms with Crippen LogP contribution in [0.25, 0.3) is 0 Å². The van der Waals surface area contributed by atoms with Crippen LogP contribution in [-0.4, -0.2) is 42.2 Å². The Morgan fingerprint density at radius 3 is 2.65 bits per heavy atom. The number of nitrogens with one attached hydrogen (secondary N) is 1. The molecule has 7 nitrogen and oxygen atoms in total. The lowest BCUT2D eigenvalue weighted by molar-refractivity contribution is -0.146. The number of aliphatic hydroxyl groups is 1. The Balaban J connectivity index is 2.76. The Bertz CT molecular complexity index is 501. The third kappa shape index (κ3) is 4.04. The normalized spacial score (nSPS) is 13.3. The number of halogens is 1. The highest BCUT2D eigenvalue weighted by Gasteiger charge is 2.20. The maximum atomic E-state index is 11.6. The van der Waals surface area contributed by atoms with Gasteiger partial charge in [0.15, 0.2) is 11.1 Å². The second-order valence-corrected chi connectivity index (χ2v) is 5.65. The molecule has 9 heteroatoms. The first kappa shape index (κ1) is 14.0. The minimum absolute atomic E-state index is 0.252. The smallest absolute Gasteiger partial charge is 0.333 e. The average molecular weight is 325 g/mol. The average Bonchev–Trinajstić information content (AvgIpc) is 2.26. The maximum absolute atomic E-state index is 11.6. The van der Waals surface area contributed by atoms with Gasteiger partial charge in [-0.2, -0.15) is 0 Å². The first-order chi connectivity index (χ1) is 7.83. The summed E-state index contributed by atoms with van der Waals surface area (Å²) in [5.74, 6) is -1.50. The molecule has 0 radical (unpaired) electrons. The van der Waals surface area contributed by atoms with Crippen LogP contribution in [0.3, 0.4) is 0 Å². The Labute approximate surface area is 106 Å². The number of carboxylic acid groups (broad SMARTS) is 1. The van der Waals surface area contributed by atoms with Gasteiger partial charge in [-0.05, 0) is 28.1 Å². The highest BCUT2D eigenvalue weighted by molar-refractivity contribution is 9.10. The van der Waals surface area contributed by atoms with Crippen molar-refractivity contribution in [3.8, 4) is 0 Å². The van der Waals surface area contributed by atoms with Crippen LogP contribution in [-0.2, 0) is 14.8 Å². The van der Waals surface area contributed by atoms with Gasteiger partial charge in [0.2, 0.25) is 0 Å². The van der Waals surface area contributed by atoms with Gasteiger partial charge in [-0.3, -0.25) is 0 Å². The van der Waals surface area contributed by atoms with Crippen LogP contribution in [0.5, 0.6) is 0 Å². The molecule has 3 N–H and O–H groups in total. The third-order valence-corrected chi connectivity index (χ3v) is 3.54. The topological polar surface area (TPSA) is 117 Å². The quantitative estimate of drug-likeness (QED) is 0.676. The molecule has 17 heavy (non-hydrogen) atoms. The molecule has 94 valence electrons. The molecule has 1 rings (SSSR count). The van der Waals surface area contributed by atoms with Crippen molar-refractivity contribution in [2.45, 2.75) is 11.1 Å². The molecule has 0 fully saturated rings. The molecule has 0 saturated carbocycles. The number of hydrogen-bond donors (Lipinski definition) is 3. The van der Waals surface area contributed by atoms with Crippen molar-refractivity contribution in [2.24, 2.45) is 0 Å². The van der Waals surface area contributed by atoms with E-state index in [0.717, 1.165) is 0 Å². The second kappa shape index (κ2) is 5.54. The van der Waals surface area contributed by atoms with Crippen molar-refractivity contribution in [2.75, 3.05) is 6.54 Å². The van der Waals surface area contributed by atoms with Crippen molar-refractivity contribution in [1.82, 2.24) is 9.71 Å². The van der Waals surface area contributed by atoms with Crippen molar-refractivity contribution >= 4 is 31.9 Å². The number of carboxylic acids is 1. The van der Waals surface area contributed by atoms with E-state index in [2.05, 4.69) is 20.9 Å². The summed E-state index contributed by atoms with van der Waals surface area (Å²) in [4.78, 5) is 13.9. The molecule has 0 spiro atoms. The van der Waals surface area contributed by atoms with E-state index in [-0.39, 0.29) is 5.03 Å². The van der Waals surface area contributed by atoms with Crippen molar-refractivity contribution in [1.29, 1.82) is 0 Å². The van der Waals surface area contributed by atoms with Crippen LogP contribution in [0.2, 0.25) is 0 Å². The summed E-state index contributed by atoms with van der Waals surface area (Å²) in [6.45, 7) is -0.616. The van der Waals surface area contributed by atoms with Crippen LogP contribution >= 0.6 is 15.9 Å². The lowest BCUT2D eigenvalue weighted by atomic mass is 10.4. The zero-order valence-electron chi connectivity index (χ0n) is 8.37. The summed E-state index contributed by atoms with van der Waals surface area (Å²) in [7, 11) is -3.91. The number of aliphatic hydroxyl groups excluding tert-OH is 1. The largest absolute Gasteiger partial charge is 0.479 e. The molecule has 1 heterocycles. The van der Waals surface area contributed by atoms with Crippen LogP contribution in [0.4, 0.5) is 0 Å². The molecule has 0 aliphatic carbocycles. The molecule has 1 atom stereocenters. The third-order valence-electron chi connectivity index (χ3n) is 1.73. The number of carbonyl (C=O) groups is 1. The van der Waals surface area contributed by atoms with E-state index in [1.54, 1.807) is 0 Å². The number of aromatic nitrogens is 1. The fourth-order valence-electron chi connectivity index (χ4n) is 0.871. The number of hydrogen-bond acceptors (Lipinski definition) is 5. The summed E-state index contributed by atoms with van der Waals surface area (Å²) >= 11 is 3.10. The summed E-state index contributed by atoms with van der Waals surface area (Å²) in [5, 5.41) is 17.1. The first-order valence-corrected chi connectivity index (χ1v) is 6.62. The zero-order chi connectivity index (χ0) is 13.1. The molecule has 0 saturated heterocycles. The van der Waals surface area contributed by atoms with Crippen molar-refractivity contribution in [3.05, 3.63) is 22.8 Å². The van der Waals surface area contributed by atoms with Crippen LogP contribution in [0, 0.1) is 0 Å². The monoisotopic (exact) mass is 324 g/mol. The molecule has 1 aromatic rings. The predicted molar refractivity (Wildman–Crippen MR) is 60.8 cm³/mol. The van der Waals surface area contributed by atoms with E-state index in [1.807, 2.05) is 4.72 Å². The Hall–Kier alpha value is -1.03. The van der Waals surface area contributed by atoms with Gasteiger partial charge in [0.1, 0.15) is 0 Å². The van der Waals surface area contributed by atoms with Crippen LogP contribution in [0.15, 0.2) is 27.8 Å². The molecule has 1 aromatic heterocycles. The minimum atomic E-state index is -3.91. The number of pyridine rings is 1. The standard InChI is InChI=1S/C8H9BrN2O5S/c9-5-1-2-7(10-3-5)17(15,16)11-4-6(12)8(13)14/h1-3,6,11-12H,4H2,(H,13,14)/t6-/m0/s1. The number of aliphatic carboxylic acids is 1. The molecular weight excluding hydrogens is 316 g/mol. The fraction of sp³-hybridized carbons (Fsp3) is 0.250. The van der Waals surface area contributed by atoms with Gasteiger partial charge in [-0.1, -0.05) is 0 Å². The van der Waals surface area contributed by atoms with E-state index in [1.165, 1.54) is 18.3 Å². The summed E-state index contributed by atoms with van der Waals surface area (Å²) in [6.07, 6.45) is -0.498. The summed E-state index contributed by atoms with van der Waals surface area (Å²) in [5.41, 5.74) is 0. The minimum Gasteiger partial charge on any atom is -0.479 e.